The smallest absolute Gasteiger partial charge is 0.213 e. The number of aryl methyl sites for hydroxylation is 1. The summed E-state index contributed by atoms with van der Waals surface area (Å²) in [6.45, 7) is 2.02. The quantitative estimate of drug-likeness (QED) is 0.805. The third-order valence-corrected chi connectivity index (χ3v) is 5.31. The minimum atomic E-state index is -0.0434. The van der Waals surface area contributed by atoms with E-state index in [1.807, 2.05) is 16.6 Å². The van der Waals surface area contributed by atoms with Crippen LogP contribution in [0.25, 0.3) is 16.2 Å². The molecule has 4 rings (SSSR count). The van der Waals surface area contributed by atoms with Crippen LogP contribution in [0.5, 0.6) is 0 Å². The van der Waals surface area contributed by atoms with Gasteiger partial charge in [-0.3, -0.25) is 0 Å². The molecule has 1 aromatic carbocycles. The molecule has 0 bridgehead atoms. The van der Waals surface area contributed by atoms with E-state index in [9.17, 15) is 5.11 Å². The van der Waals surface area contributed by atoms with E-state index in [1.165, 1.54) is 24.8 Å². The Labute approximate surface area is 127 Å². The molecule has 0 amide bonds. The van der Waals surface area contributed by atoms with E-state index in [0.29, 0.717) is 5.92 Å². The SMILES string of the molecule is Cc1ccc(-c2nc3sc(C4CCC4)nn3c2CO)cc1. The highest BCUT2D eigenvalue weighted by Gasteiger charge is 2.25. The van der Waals surface area contributed by atoms with E-state index in [0.717, 1.165) is 26.9 Å². The minimum absolute atomic E-state index is 0.0434. The first kappa shape index (κ1) is 13.0. The molecule has 1 fully saturated rings. The number of aliphatic hydroxyl groups excluding tert-OH is 1. The van der Waals surface area contributed by atoms with E-state index in [2.05, 4.69) is 24.2 Å². The van der Waals surface area contributed by atoms with Crippen LogP contribution in [-0.2, 0) is 6.61 Å². The molecule has 1 aliphatic rings. The highest BCUT2D eigenvalue weighted by Crippen LogP contribution is 2.39. The van der Waals surface area contributed by atoms with Crippen LogP contribution in [0.1, 0.15) is 41.4 Å². The molecule has 4 nitrogen and oxygen atoms in total. The number of benzene rings is 1. The van der Waals surface area contributed by atoms with E-state index in [1.54, 1.807) is 11.3 Å². The number of hydrogen-bond donors (Lipinski definition) is 1. The highest BCUT2D eigenvalue weighted by atomic mass is 32.1. The maximum absolute atomic E-state index is 9.74. The van der Waals surface area contributed by atoms with Gasteiger partial charge in [-0.05, 0) is 19.8 Å². The molecule has 108 valence electrons. The summed E-state index contributed by atoms with van der Waals surface area (Å²) in [7, 11) is 0. The average Bonchev–Trinajstić information content (AvgIpc) is 2.94. The van der Waals surface area contributed by atoms with Crippen molar-refractivity contribution in [3.63, 3.8) is 0 Å². The number of aliphatic hydroxyl groups is 1. The molecule has 1 aliphatic carbocycles. The van der Waals surface area contributed by atoms with Crippen LogP contribution in [0.3, 0.4) is 0 Å². The monoisotopic (exact) mass is 299 g/mol. The van der Waals surface area contributed by atoms with Gasteiger partial charge in [-0.25, -0.2) is 9.50 Å². The second-order valence-electron chi connectivity index (χ2n) is 5.69. The Morgan fingerprint density at radius 3 is 2.67 bits per heavy atom. The molecular formula is C16H17N3OS. The van der Waals surface area contributed by atoms with Crippen LogP contribution in [0.15, 0.2) is 24.3 Å². The van der Waals surface area contributed by atoms with Crippen molar-refractivity contribution in [2.45, 2.75) is 38.7 Å². The number of fused-ring (bicyclic) bond motifs is 1. The molecule has 0 aliphatic heterocycles. The van der Waals surface area contributed by atoms with Gasteiger partial charge in [0.15, 0.2) is 0 Å². The molecule has 2 aromatic heterocycles. The van der Waals surface area contributed by atoms with Crippen molar-refractivity contribution in [2.24, 2.45) is 0 Å². The summed E-state index contributed by atoms with van der Waals surface area (Å²) in [6, 6.07) is 8.23. The zero-order valence-electron chi connectivity index (χ0n) is 11.9. The van der Waals surface area contributed by atoms with Crippen molar-refractivity contribution in [2.75, 3.05) is 0 Å². The summed E-state index contributed by atoms with van der Waals surface area (Å²) in [5.74, 6) is 0.603. The lowest BCUT2D eigenvalue weighted by molar-refractivity contribution is 0.274. The molecule has 0 saturated heterocycles. The number of nitrogens with zero attached hydrogens (tertiary/aromatic N) is 3. The summed E-state index contributed by atoms with van der Waals surface area (Å²) >= 11 is 1.66. The predicted octanol–water partition coefficient (Wildman–Crippen LogP) is 3.53. The highest BCUT2D eigenvalue weighted by molar-refractivity contribution is 7.16. The standard InChI is InChI=1S/C16H17N3OS/c1-10-5-7-11(8-6-10)14-13(9-20)19-16(17-14)21-15(18-19)12-3-2-4-12/h5-8,12,20H,2-4,9H2,1H3. The van der Waals surface area contributed by atoms with Crippen molar-refractivity contribution in [3.05, 3.63) is 40.5 Å². The van der Waals surface area contributed by atoms with Gasteiger partial charge in [0.05, 0.1) is 18.0 Å². The third kappa shape index (κ3) is 2.08. The number of hydrogen-bond acceptors (Lipinski definition) is 4. The Hall–Kier alpha value is -1.72. The van der Waals surface area contributed by atoms with Crippen molar-refractivity contribution in [1.82, 2.24) is 14.6 Å². The van der Waals surface area contributed by atoms with Gasteiger partial charge < -0.3 is 5.11 Å². The summed E-state index contributed by atoms with van der Waals surface area (Å²) in [5.41, 5.74) is 3.88. The topological polar surface area (TPSA) is 50.4 Å². The van der Waals surface area contributed by atoms with E-state index in [4.69, 9.17) is 4.98 Å². The lowest BCUT2D eigenvalue weighted by Gasteiger charge is -2.21. The number of imidazole rings is 1. The van der Waals surface area contributed by atoms with Gasteiger partial charge in [0.1, 0.15) is 5.01 Å². The Kier molecular flexibility index (Phi) is 3.05. The number of rotatable bonds is 3. The molecule has 1 N–H and O–H groups in total. The first-order chi connectivity index (χ1) is 10.3. The third-order valence-electron chi connectivity index (χ3n) is 4.24. The minimum Gasteiger partial charge on any atom is -0.390 e. The summed E-state index contributed by atoms with van der Waals surface area (Å²) in [6.07, 6.45) is 3.76. The van der Waals surface area contributed by atoms with Crippen LogP contribution in [0.4, 0.5) is 0 Å². The fraction of sp³-hybridized carbons (Fsp3) is 0.375. The van der Waals surface area contributed by atoms with Gasteiger partial charge in [0.25, 0.3) is 0 Å². The van der Waals surface area contributed by atoms with Crippen LogP contribution in [0.2, 0.25) is 0 Å². The second kappa shape index (κ2) is 4.93. The Balaban J connectivity index is 1.82. The van der Waals surface area contributed by atoms with Crippen LogP contribution >= 0.6 is 11.3 Å². The Morgan fingerprint density at radius 2 is 2.05 bits per heavy atom. The van der Waals surface area contributed by atoms with Crippen molar-refractivity contribution >= 4 is 16.3 Å². The van der Waals surface area contributed by atoms with Gasteiger partial charge in [0.2, 0.25) is 4.96 Å². The van der Waals surface area contributed by atoms with Crippen LogP contribution < -0.4 is 0 Å². The normalized spacial score (nSPS) is 15.5. The Morgan fingerprint density at radius 1 is 1.29 bits per heavy atom. The van der Waals surface area contributed by atoms with Gasteiger partial charge in [-0.1, -0.05) is 47.6 Å². The number of aromatic nitrogens is 3. The van der Waals surface area contributed by atoms with Crippen LogP contribution in [0, 0.1) is 6.92 Å². The molecular weight excluding hydrogens is 282 g/mol. The maximum atomic E-state index is 9.74. The molecule has 3 aromatic rings. The average molecular weight is 299 g/mol. The first-order valence-electron chi connectivity index (χ1n) is 7.32. The molecule has 1 saturated carbocycles. The lowest BCUT2D eigenvalue weighted by atomic mass is 9.86. The molecule has 0 atom stereocenters. The fourth-order valence-corrected chi connectivity index (χ4v) is 3.80. The van der Waals surface area contributed by atoms with E-state index < -0.39 is 0 Å². The summed E-state index contributed by atoms with van der Waals surface area (Å²) in [4.78, 5) is 5.59. The van der Waals surface area contributed by atoms with Crippen molar-refractivity contribution in [1.29, 1.82) is 0 Å². The molecule has 2 heterocycles. The molecule has 0 radical (unpaired) electrons. The Bertz CT molecular complexity index is 784. The van der Waals surface area contributed by atoms with Gasteiger partial charge in [-0.15, -0.1) is 0 Å². The maximum Gasteiger partial charge on any atom is 0.213 e. The second-order valence-corrected chi connectivity index (χ2v) is 6.68. The van der Waals surface area contributed by atoms with Crippen molar-refractivity contribution in [3.8, 4) is 11.3 Å². The summed E-state index contributed by atoms with van der Waals surface area (Å²) in [5, 5.41) is 15.6. The molecule has 21 heavy (non-hydrogen) atoms. The molecule has 0 unspecified atom stereocenters. The molecule has 0 spiro atoms. The zero-order chi connectivity index (χ0) is 14.4. The van der Waals surface area contributed by atoms with Gasteiger partial charge in [-0.2, -0.15) is 5.10 Å². The first-order valence-corrected chi connectivity index (χ1v) is 8.14. The van der Waals surface area contributed by atoms with E-state index >= 15 is 0 Å². The lowest BCUT2D eigenvalue weighted by Crippen LogP contribution is -2.09. The largest absolute Gasteiger partial charge is 0.390 e. The van der Waals surface area contributed by atoms with Crippen molar-refractivity contribution < 1.29 is 5.11 Å². The molecule has 5 heteroatoms. The van der Waals surface area contributed by atoms with Gasteiger partial charge in [0, 0.05) is 11.5 Å². The van der Waals surface area contributed by atoms with Crippen LogP contribution in [-0.4, -0.2) is 19.7 Å². The van der Waals surface area contributed by atoms with Gasteiger partial charge >= 0.3 is 0 Å². The fourth-order valence-electron chi connectivity index (χ4n) is 2.71. The predicted molar refractivity (Wildman–Crippen MR) is 83.6 cm³/mol. The summed E-state index contributed by atoms with van der Waals surface area (Å²) < 4.78 is 1.83. The van der Waals surface area contributed by atoms with E-state index in [-0.39, 0.29) is 6.61 Å². The zero-order valence-corrected chi connectivity index (χ0v) is 12.7.